The van der Waals surface area contributed by atoms with Crippen molar-refractivity contribution >= 4 is 55.6 Å². The normalized spacial score (nSPS) is 12.6. The monoisotopic (exact) mass is 272 g/mol. The van der Waals surface area contributed by atoms with Crippen LogP contribution in [0, 0.1) is 0 Å². The maximum absolute atomic E-state index is 11.4. The fourth-order valence-electron chi connectivity index (χ4n) is 1.16. The number of aliphatic carboxylic acids is 1. The predicted molar refractivity (Wildman–Crippen MR) is 62.1 cm³/mol. The zero-order valence-corrected chi connectivity index (χ0v) is 9.19. The van der Waals surface area contributed by atoms with Crippen LogP contribution in [0.4, 0.5) is 0 Å². The van der Waals surface area contributed by atoms with Crippen LogP contribution in [0.5, 0.6) is 0 Å². The van der Waals surface area contributed by atoms with Gasteiger partial charge in [0.15, 0.2) is 0 Å². The second-order valence-electron chi connectivity index (χ2n) is 3.00. The van der Waals surface area contributed by atoms with Crippen molar-refractivity contribution in [3.8, 4) is 0 Å². The van der Waals surface area contributed by atoms with Crippen molar-refractivity contribution in [2.45, 2.75) is 25.4 Å². The Labute approximate surface area is 129 Å². The Morgan fingerprint density at radius 3 is 2.24 bits per heavy atom. The summed E-state index contributed by atoms with van der Waals surface area (Å²) in [5, 5.41) is 8.99. The molecule has 0 bridgehead atoms. The first-order valence-corrected chi connectivity index (χ1v) is 4.61. The number of carbonyl (C=O) groups excluding carboxylic acids is 2. The molecule has 7 heteroatoms. The van der Waals surface area contributed by atoms with Crippen molar-refractivity contribution in [3.05, 3.63) is 12.7 Å². The molecule has 17 heavy (non-hydrogen) atoms. The van der Waals surface area contributed by atoms with Crippen molar-refractivity contribution in [1.82, 2.24) is 0 Å². The number of rotatable bonds is 6. The molecular formula is C10H16CaO6. The molecule has 0 aliphatic heterocycles. The van der Waals surface area contributed by atoms with E-state index in [0.717, 1.165) is 13.2 Å². The summed E-state index contributed by atoms with van der Waals surface area (Å²) in [4.78, 5) is 33.5. The quantitative estimate of drug-likeness (QED) is 0.306. The molecule has 94 valence electrons. The number of esters is 2. The number of hydrogen-bond acceptors (Lipinski definition) is 5. The topological polar surface area (TPSA) is 89.9 Å². The van der Waals surface area contributed by atoms with Crippen molar-refractivity contribution in [2.24, 2.45) is 0 Å². The van der Waals surface area contributed by atoms with Gasteiger partial charge >= 0.3 is 61.2 Å². The standard InChI is InChI=1S/C10H14O6.Ca.2H/c1-4-6-10(8(12)13,9(14)15-3)16-7(11)5-2;;;/h5H,2,4,6H2,1,3H3,(H,12,13);;;. The Hall–Kier alpha value is -0.590. The predicted octanol–water partition coefficient (Wildman–Crippen LogP) is -0.404. The van der Waals surface area contributed by atoms with Crippen molar-refractivity contribution < 1.29 is 29.0 Å². The maximum atomic E-state index is 11.4. The van der Waals surface area contributed by atoms with E-state index in [1.54, 1.807) is 6.92 Å². The Bertz CT molecular complexity index is 314. The molecule has 0 aromatic rings. The molecule has 0 aliphatic rings. The van der Waals surface area contributed by atoms with E-state index in [1.165, 1.54) is 0 Å². The summed E-state index contributed by atoms with van der Waals surface area (Å²) in [5.74, 6) is -3.66. The molecule has 1 N–H and O–H groups in total. The van der Waals surface area contributed by atoms with Gasteiger partial charge in [-0.25, -0.2) is 14.4 Å². The van der Waals surface area contributed by atoms with Gasteiger partial charge in [0.05, 0.1) is 7.11 Å². The van der Waals surface area contributed by atoms with Gasteiger partial charge in [0, 0.05) is 12.5 Å². The number of carboxylic acids is 1. The zero-order chi connectivity index (χ0) is 12.8. The van der Waals surface area contributed by atoms with Gasteiger partial charge in [0.2, 0.25) is 0 Å². The number of ether oxygens (including phenoxy) is 2. The summed E-state index contributed by atoms with van der Waals surface area (Å²) in [6, 6.07) is 0. The Morgan fingerprint density at radius 2 is 1.94 bits per heavy atom. The first-order valence-electron chi connectivity index (χ1n) is 4.61. The van der Waals surface area contributed by atoms with E-state index >= 15 is 0 Å². The van der Waals surface area contributed by atoms with Crippen molar-refractivity contribution in [2.75, 3.05) is 7.11 Å². The molecule has 0 amide bonds. The number of methoxy groups -OCH3 is 1. The Morgan fingerprint density at radius 1 is 1.41 bits per heavy atom. The molecule has 6 nitrogen and oxygen atoms in total. The van der Waals surface area contributed by atoms with Crippen LogP contribution in [0.25, 0.3) is 0 Å². The van der Waals surface area contributed by atoms with Crippen molar-refractivity contribution in [1.29, 1.82) is 0 Å². The fourth-order valence-corrected chi connectivity index (χ4v) is 1.16. The average molecular weight is 272 g/mol. The molecule has 0 heterocycles. The van der Waals surface area contributed by atoms with Gasteiger partial charge in [0.1, 0.15) is 0 Å². The van der Waals surface area contributed by atoms with E-state index < -0.39 is 23.5 Å². The molecule has 0 radical (unpaired) electrons. The minimum atomic E-state index is -2.28. The minimum absolute atomic E-state index is 0. The summed E-state index contributed by atoms with van der Waals surface area (Å²) < 4.78 is 8.95. The van der Waals surface area contributed by atoms with E-state index in [0.29, 0.717) is 6.42 Å². The van der Waals surface area contributed by atoms with Gasteiger partial charge in [0.25, 0.3) is 0 Å². The van der Waals surface area contributed by atoms with Gasteiger partial charge in [-0.15, -0.1) is 0 Å². The second kappa shape index (κ2) is 8.49. The van der Waals surface area contributed by atoms with E-state index in [-0.39, 0.29) is 44.2 Å². The molecule has 0 fully saturated rings. The fraction of sp³-hybridized carbons (Fsp3) is 0.500. The molecule has 0 aromatic carbocycles. The van der Waals surface area contributed by atoms with Crippen LogP contribution >= 0.6 is 0 Å². The van der Waals surface area contributed by atoms with Gasteiger partial charge in [-0.3, -0.25) is 0 Å². The molecule has 0 saturated heterocycles. The number of carbonyl (C=O) groups is 3. The third kappa shape index (κ3) is 4.65. The number of carboxylic acid groups (broad SMARTS) is 1. The summed E-state index contributed by atoms with van der Waals surface area (Å²) >= 11 is 0. The number of hydrogen-bond donors (Lipinski definition) is 1. The Balaban J connectivity index is 0. The molecule has 0 aromatic heterocycles. The average Bonchev–Trinajstić information content (AvgIpc) is 2.26. The third-order valence-electron chi connectivity index (χ3n) is 1.90. The van der Waals surface area contributed by atoms with E-state index in [2.05, 4.69) is 16.1 Å². The van der Waals surface area contributed by atoms with Crippen LogP contribution in [0.15, 0.2) is 12.7 Å². The SMILES string of the molecule is C=CC(=O)OC(CCC)(C(=O)O)C(=O)OC.[CaH2]. The van der Waals surface area contributed by atoms with Gasteiger partial charge < -0.3 is 14.6 Å². The van der Waals surface area contributed by atoms with Gasteiger partial charge in [-0.2, -0.15) is 0 Å². The molecule has 1 unspecified atom stereocenters. The first-order chi connectivity index (χ1) is 7.44. The van der Waals surface area contributed by atoms with Crippen LogP contribution in [-0.2, 0) is 23.9 Å². The van der Waals surface area contributed by atoms with Crippen molar-refractivity contribution in [3.63, 3.8) is 0 Å². The van der Waals surface area contributed by atoms with E-state index in [4.69, 9.17) is 5.11 Å². The summed E-state index contributed by atoms with van der Waals surface area (Å²) in [7, 11) is 1.03. The first kappa shape index (κ1) is 18.8. The van der Waals surface area contributed by atoms with E-state index in [9.17, 15) is 14.4 Å². The zero-order valence-electron chi connectivity index (χ0n) is 9.19. The van der Waals surface area contributed by atoms with Gasteiger partial charge in [-0.05, 0) is 0 Å². The van der Waals surface area contributed by atoms with Crippen LogP contribution in [0.2, 0.25) is 0 Å². The van der Waals surface area contributed by atoms with Gasteiger partial charge in [-0.1, -0.05) is 19.9 Å². The van der Waals surface area contributed by atoms with Crippen LogP contribution in [0.3, 0.4) is 0 Å². The third-order valence-corrected chi connectivity index (χ3v) is 1.90. The molecular weight excluding hydrogens is 256 g/mol. The summed E-state index contributed by atoms with van der Waals surface area (Å²) in [6.45, 7) is 4.78. The molecule has 0 spiro atoms. The molecule has 0 saturated carbocycles. The van der Waals surface area contributed by atoms with Crippen LogP contribution < -0.4 is 0 Å². The van der Waals surface area contributed by atoms with Crippen LogP contribution in [-0.4, -0.2) is 73.5 Å². The summed E-state index contributed by atoms with van der Waals surface area (Å²) in [5.41, 5.74) is -2.28. The second-order valence-corrected chi connectivity index (χ2v) is 3.00. The Kier molecular flexibility index (Phi) is 9.38. The molecule has 1 atom stereocenters. The summed E-state index contributed by atoms with van der Waals surface area (Å²) in [6.07, 6.45) is 0.969. The molecule has 0 rings (SSSR count). The van der Waals surface area contributed by atoms with Crippen LogP contribution in [0.1, 0.15) is 19.8 Å². The molecule has 0 aliphatic carbocycles. The van der Waals surface area contributed by atoms with E-state index in [1.807, 2.05) is 0 Å².